The van der Waals surface area contributed by atoms with Crippen LogP contribution >= 0.6 is 0 Å². The summed E-state index contributed by atoms with van der Waals surface area (Å²) in [5.41, 5.74) is -0.825. The fourth-order valence-electron chi connectivity index (χ4n) is 4.42. The fourth-order valence-corrected chi connectivity index (χ4v) is 4.42. The lowest BCUT2D eigenvalue weighted by atomic mass is 10.0. The second-order valence-corrected chi connectivity index (χ2v) is 13.2. The van der Waals surface area contributed by atoms with E-state index in [2.05, 4.69) is 9.80 Å². The van der Waals surface area contributed by atoms with Gasteiger partial charge in [-0.05, 0) is 93.2 Å². The monoisotopic (exact) mass is 556 g/mol. The molecule has 2 aliphatic heterocycles. The van der Waals surface area contributed by atoms with Crippen molar-refractivity contribution in [3.05, 3.63) is 0 Å². The van der Waals surface area contributed by atoms with E-state index in [0.29, 0.717) is 0 Å². The average molecular weight is 557 g/mol. The van der Waals surface area contributed by atoms with Gasteiger partial charge in [0.05, 0.1) is 17.9 Å². The van der Waals surface area contributed by atoms with E-state index in [0.717, 1.165) is 77.8 Å². The Labute approximate surface area is 236 Å². The van der Waals surface area contributed by atoms with Gasteiger partial charge in [0.1, 0.15) is 17.3 Å². The van der Waals surface area contributed by atoms with Gasteiger partial charge in [-0.15, -0.1) is 0 Å². The van der Waals surface area contributed by atoms with E-state index < -0.39 is 11.2 Å². The number of esters is 3. The minimum Gasteiger partial charge on any atom is -0.462 e. The standard InChI is InChI=1S/C16H29NO4.C14H27NO3/c1-12(15(19)21-16(3,4)5)6-9-17-10-7-14(8-11-17)20-13(2)18;1-11(13(17)18-14(2,3)4)5-8-15-9-6-12(16)7-10-15/h12,14H,6-11H2,1-5H3;11-12,16H,5-10H2,1-4H3/t12-;11-/m00/s1. The molecule has 0 aromatic rings. The molecule has 0 aliphatic carbocycles. The normalized spacial score (nSPS) is 19.8. The molecule has 0 radical (unpaired) electrons. The highest BCUT2D eigenvalue weighted by molar-refractivity contribution is 5.72. The lowest BCUT2D eigenvalue weighted by Crippen LogP contribution is -2.39. The van der Waals surface area contributed by atoms with Gasteiger partial charge in [0, 0.05) is 33.1 Å². The molecular weight excluding hydrogens is 500 g/mol. The van der Waals surface area contributed by atoms with Gasteiger partial charge in [0.2, 0.25) is 0 Å². The molecular formula is C30H56N2O7. The van der Waals surface area contributed by atoms with Gasteiger partial charge in [0.15, 0.2) is 0 Å². The molecule has 2 aliphatic rings. The molecule has 0 spiro atoms. The molecule has 0 amide bonds. The van der Waals surface area contributed by atoms with Gasteiger partial charge in [0.25, 0.3) is 0 Å². The molecule has 0 aromatic heterocycles. The van der Waals surface area contributed by atoms with E-state index in [-0.39, 0.29) is 42.0 Å². The number of ether oxygens (including phenoxy) is 3. The second-order valence-electron chi connectivity index (χ2n) is 13.2. The van der Waals surface area contributed by atoms with Crippen molar-refractivity contribution in [2.75, 3.05) is 39.3 Å². The number of piperidine rings is 2. The number of rotatable bonds is 9. The Balaban J connectivity index is 0.000000395. The van der Waals surface area contributed by atoms with Crippen LogP contribution in [0.25, 0.3) is 0 Å². The lowest BCUT2D eigenvalue weighted by Gasteiger charge is -2.32. The van der Waals surface area contributed by atoms with Crippen LogP contribution < -0.4 is 0 Å². The summed E-state index contributed by atoms with van der Waals surface area (Å²) < 4.78 is 16.0. The van der Waals surface area contributed by atoms with Crippen LogP contribution in [0, 0.1) is 11.8 Å². The van der Waals surface area contributed by atoms with Crippen LogP contribution in [0.5, 0.6) is 0 Å². The molecule has 1 N–H and O–H groups in total. The topological polar surface area (TPSA) is 106 Å². The number of aliphatic hydroxyl groups is 1. The Morgan fingerprint density at radius 2 is 1.10 bits per heavy atom. The Bertz CT molecular complexity index is 743. The minimum absolute atomic E-state index is 0.0574. The van der Waals surface area contributed by atoms with Crippen molar-refractivity contribution in [2.24, 2.45) is 11.8 Å². The predicted molar refractivity (Wildman–Crippen MR) is 152 cm³/mol. The Kier molecular flexibility index (Phi) is 15.0. The first kappa shape index (κ1) is 35.3. The number of aliphatic hydroxyl groups excluding tert-OH is 1. The third-order valence-electron chi connectivity index (χ3n) is 6.80. The molecule has 39 heavy (non-hydrogen) atoms. The zero-order valence-electron chi connectivity index (χ0n) is 26.1. The molecule has 228 valence electrons. The number of carbonyl (C=O) groups excluding carboxylic acids is 3. The zero-order chi connectivity index (χ0) is 29.8. The number of hydrogen-bond acceptors (Lipinski definition) is 9. The summed E-state index contributed by atoms with van der Waals surface area (Å²) in [6.45, 7) is 22.1. The summed E-state index contributed by atoms with van der Waals surface area (Å²) in [5, 5.41) is 9.42. The summed E-state index contributed by atoms with van der Waals surface area (Å²) in [7, 11) is 0. The number of hydrogen-bond donors (Lipinski definition) is 1. The maximum absolute atomic E-state index is 11.9. The van der Waals surface area contributed by atoms with Crippen LogP contribution in [-0.4, -0.2) is 95.5 Å². The molecule has 9 heteroatoms. The van der Waals surface area contributed by atoms with Crippen LogP contribution in [0.3, 0.4) is 0 Å². The molecule has 0 bridgehead atoms. The molecule has 2 fully saturated rings. The molecule has 9 nitrogen and oxygen atoms in total. The number of carbonyl (C=O) groups is 3. The van der Waals surface area contributed by atoms with Crippen molar-refractivity contribution in [2.45, 2.75) is 124 Å². The van der Waals surface area contributed by atoms with E-state index in [1.165, 1.54) is 6.92 Å². The molecule has 2 atom stereocenters. The van der Waals surface area contributed by atoms with Crippen molar-refractivity contribution < 1.29 is 33.7 Å². The Hall–Kier alpha value is -1.71. The molecule has 2 saturated heterocycles. The van der Waals surface area contributed by atoms with E-state index in [9.17, 15) is 19.5 Å². The first-order valence-corrected chi connectivity index (χ1v) is 14.7. The zero-order valence-corrected chi connectivity index (χ0v) is 26.1. The summed E-state index contributed by atoms with van der Waals surface area (Å²) in [4.78, 5) is 39.3. The number of nitrogens with zero attached hydrogens (tertiary/aromatic N) is 2. The predicted octanol–water partition coefficient (Wildman–Crippen LogP) is 4.19. The van der Waals surface area contributed by atoms with Crippen LogP contribution in [0.1, 0.15) is 101 Å². The van der Waals surface area contributed by atoms with Crippen LogP contribution in [0.4, 0.5) is 0 Å². The minimum atomic E-state index is -0.423. The lowest BCUT2D eigenvalue weighted by molar-refractivity contribution is -0.160. The maximum Gasteiger partial charge on any atom is 0.309 e. The van der Waals surface area contributed by atoms with Crippen molar-refractivity contribution >= 4 is 17.9 Å². The van der Waals surface area contributed by atoms with E-state index in [4.69, 9.17) is 14.2 Å². The first-order chi connectivity index (χ1) is 17.9. The smallest absolute Gasteiger partial charge is 0.309 e. The van der Waals surface area contributed by atoms with Crippen LogP contribution in [0.2, 0.25) is 0 Å². The second kappa shape index (κ2) is 16.5. The number of likely N-dealkylation sites (tertiary alicyclic amines) is 2. The molecule has 2 rings (SSSR count). The van der Waals surface area contributed by atoms with E-state index in [1.807, 2.05) is 55.4 Å². The Morgan fingerprint density at radius 1 is 0.744 bits per heavy atom. The summed E-state index contributed by atoms with van der Waals surface area (Å²) in [6, 6.07) is 0. The van der Waals surface area contributed by atoms with Gasteiger partial charge in [-0.2, -0.15) is 0 Å². The van der Waals surface area contributed by atoms with Gasteiger partial charge in [-0.1, -0.05) is 13.8 Å². The highest BCUT2D eigenvalue weighted by Gasteiger charge is 2.25. The van der Waals surface area contributed by atoms with Crippen molar-refractivity contribution in [1.82, 2.24) is 9.80 Å². The maximum atomic E-state index is 11.9. The third kappa shape index (κ3) is 16.9. The van der Waals surface area contributed by atoms with Gasteiger partial charge >= 0.3 is 17.9 Å². The largest absolute Gasteiger partial charge is 0.462 e. The van der Waals surface area contributed by atoms with Gasteiger partial charge in [-0.25, -0.2) is 0 Å². The molecule has 0 unspecified atom stereocenters. The van der Waals surface area contributed by atoms with Gasteiger partial charge in [-0.3, -0.25) is 14.4 Å². The van der Waals surface area contributed by atoms with Crippen LogP contribution in [-0.2, 0) is 28.6 Å². The summed E-state index contributed by atoms with van der Waals surface area (Å²) >= 11 is 0. The van der Waals surface area contributed by atoms with E-state index in [1.54, 1.807) is 0 Å². The van der Waals surface area contributed by atoms with Crippen LogP contribution in [0.15, 0.2) is 0 Å². The molecule has 0 aromatic carbocycles. The summed E-state index contributed by atoms with van der Waals surface area (Å²) in [5.74, 6) is -0.588. The quantitative estimate of drug-likeness (QED) is 0.330. The van der Waals surface area contributed by atoms with Crippen molar-refractivity contribution in [3.63, 3.8) is 0 Å². The highest BCUT2D eigenvalue weighted by Crippen LogP contribution is 2.18. The molecule has 2 heterocycles. The fraction of sp³-hybridized carbons (Fsp3) is 0.900. The Morgan fingerprint density at radius 3 is 1.44 bits per heavy atom. The first-order valence-electron chi connectivity index (χ1n) is 14.7. The van der Waals surface area contributed by atoms with Crippen molar-refractivity contribution in [3.8, 4) is 0 Å². The molecule has 0 saturated carbocycles. The highest BCUT2D eigenvalue weighted by atomic mass is 16.6. The average Bonchev–Trinajstić information content (AvgIpc) is 2.80. The summed E-state index contributed by atoms with van der Waals surface area (Å²) in [6.07, 6.45) is 4.99. The van der Waals surface area contributed by atoms with E-state index >= 15 is 0 Å². The van der Waals surface area contributed by atoms with Crippen molar-refractivity contribution in [1.29, 1.82) is 0 Å². The third-order valence-corrected chi connectivity index (χ3v) is 6.80. The van der Waals surface area contributed by atoms with Gasteiger partial charge < -0.3 is 29.1 Å². The SMILES string of the molecule is CC(=O)OC1CCN(CC[C@H](C)C(=O)OC(C)(C)C)CC1.C[C@@H](CCN1CCC(O)CC1)C(=O)OC(C)(C)C.